The van der Waals surface area contributed by atoms with Crippen molar-refractivity contribution >= 4 is 11.8 Å². The summed E-state index contributed by atoms with van der Waals surface area (Å²) in [6, 6.07) is 5.96. The first-order chi connectivity index (χ1) is 11.4. The molecule has 0 unspecified atom stereocenters. The summed E-state index contributed by atoms with van der Waals surface area (Å²) in [6.07, 6.45) is 0. The van der Waals surface area contributed by atoms with Crippen LogP contribution >= 0.6 is 0 Å². The molecule has 0 bridgehead atoms. The molecule has 0 saturated heterocycles. The van der Waals surface area contributed by atoms with Crippen LogP contribution in [-0.2, 0) is 0 Å². The minimum Gasteiger partial charge on any atom is -0.350 e. The molecule has 8 heteroatoms. The van der Waals surface area contributed by atoms with Gasteiger partial charge < -0.3 is 10.6 Å². The van der Waals surface area contributed by atoms with Crippen LogP contribution < -0.4 is 10.6 Å². The monoisotopic (exact) mass is 340 g/mol. The van der Waals surface area contributed by atoms with E-state index in [0.717, 1.165) is 36.4 Å². The lowest BCUT2D eigenvalue weighted by atomic mass is 10.2. The summed E-state index contributed by atoms with van der Waals surface area (Å²) in [5.41, 5.74) is -1.49. The summed E-state index contributed by atoms with van der Waals surface area (Å²) < 4.78 is 53.6. The molecule has 0 fully saturated rings. The lowest BCUT2D eigenvalue weighted by Gasteiger charge is -2.09. The van der Waals surface area contributed by atoms with Crippen LogP contribution in [0.15, 0.2) is 36.4 Å². The Balaban J connectivity index is 1.89. The third-order valence-corrected chi connectivity index (χ3v) is 3.08. The third-order valence-electron chi connectivity index (χ3n) is 3.08. The van der Waals surface area contributed by atoms with Crippen molar-refractivity contribution in [1.29, 1.82) is 0 Å². The van der Waals surface area contributed by atoms with Gasteiger partial charge >= 0.3 is 0 Å². The van der Waals surface area contributed by atoms with Crippen molar-refractivity contribution in [1.82, 2.24) is 10.6 Å². The van der Waals surface area contributed by atoms with Gasteiger partial charge in [0.2, 0.25) is 0 Å². The van der Waals surface area contributed by atoms with Gasteiger partial charge in [-0.15, -0.1) is 0 Å². The molecular formula is C16H12F4N2O2. The maximum Gasteiger partial charge on any atom is 0.257 e. The Kier molecular flexibility index (Phi) is 5.51. The van der Waals surface area contributed by atoms with Crippen LogP contribution in [0.25, 0.3) is 0 Å². The van der Waals surface area contributed by atoms with Gasteiger partial charge in [-0.2, -0.15) is 0 Å². The van der Waals surface area contributed by atoms with Crippen LogP contribution in [-0.4, -0.2) is 24.9 Å². The summed E-state index contributed by atoms with van der Waals surface area (Å²) in [7, 11) is 0. The first-order valence-corrected chi connectivity index (χ1v) is 6.86. The second-order valence-corrected chi connectivity index (χ2v) is 4.71. The number of amides is 2. The highest BCUT2D eigenvalue weighted by Gasteiger charge is 2.18. The smallest absolute Gasteiger partial charge is 0.257 e. The summed E-state index contributed by atoms with van der Waals surface area (Å²) in [4.78, 5) is 23.4. The first kappa shape index (κ1) is 17.5. The predicted molar refractivity (Wildman–Crippen MR) is 77.4 cm³/mol. The predicted octanol–water partition coefficient (Wildman–Crippen LogP) is 2.40. The molecule has 0 aliphatic rings. The fourth-order valence-corrected chi connectivity index (χ4v) is 1.96. The minimum absolute atomic E-state index is 0.186. The molecule has 126 valence electrons. The number of hydrogen-bond donors (Lipinski definition) is 2. The quantitative estimate of drug-likeness (QED) is 0.649. The van der Waals surface area contributed by atoms with Crippen LogP contribution in [0.5, 0.6) is 0 Å². The lowest BCUT2D eigenvalue weighted by molar-refractivity contribution is 0.0918. The van der Waals surface area contributed by atoms with E-state index >= 15 is 0 Å². The van der Waals surface area contributed by atoms with Crippen LogP contribution in [0.2, 0.25) is 0 Å². The zero-order valence-electron chi connectivity index (χ0n) is 12.2. The summed E-state index contributed by atoms with van der Waals surface area (Å²) in [6.45, 7) is -0.372. The van der Waals surface area contributed by atoms with Gasteiger partial charge in [-0.1, -0.05) is 12.1 Å². The lowest BCUT2D eigenvalue weighted by Crippen LogP contribution is -2.36. The van der Waals surface area contributed by atoms with E-state index in [0.29, 0.717) is 0 Å². The van der Waals surface area contributed by atoms with E-state index in [2.05, 4.69) is 10.6 Å². The molecule has 0 aromatic heterocycles. The van der Waals surface area contributed by atoms with Crippen molar-refractivity contribution in [3.63, 3.8) is 0 Å². The number of rotatable bonds is 5. The number of nitrogens with one attached hydrogen (secondary N) is 2. The highest BCUT2D eigenvalue weighted by atomic mass is 19.1. The normalized spacial score (nSPS) is 10.3. The summed E-state index contributed by atoms with van der Waals surface area (Å²) >= 11 is 0. The topological polar surface area (TPSA) is 58.2 Å². The zero-order valence-corrected chi connectivity index (χ0v) is 12.2. The first-order valence-electron chi connectivity index (χ1n) is 6.86. The molecule has 24 heavy (non-hydrogen) atoms. The average Bonchev–Trinajstić information content (AvgIpc) is 2.51. The fraction of sp³-hybridized carbons (Fsp3) is 0.125. The molecule has 2 amide bonds. The van der Waals surface area contributed by atoms with E-state index < -0.39 is 46.2 Å². The van der Waals surface area contributed by atoms with Gasteiger partial charge in [0.25, 0.3) is 11.8 Å². The largest absolute Gasteiger partial charge is 0.350 e. The molecule has 2 rings (SSSR count). The molecule has 0 heterocycles. The molecule has 2 aromatic carbocycles. The Morgan fingerprint density at radius 3 is 1.25 bits per heavy atom. The zero-order chi connectivity index (χ0) is 17.7. The number of carbonyl (C=O) groups excluding carboxylic acids is 2. The van der Waals surface area contributed by atoms with Crippen molar-refractivity contribution in [2.45, 2.75) is 0 Å². The maximum absolute atomic E-state index is 13.4. The second-order valence-electron chi connectivity index (χ2n) is 4.71. The van der Waals surface area contributed by atoms with Gasteiger partial charge in [0.15, 0.2) is 0 Å². The molecule has 0 aliphatic carbocycles. The number of benzene rings is 2. The highest BCUT2D eigenvalue weighted by molar-refractivity contribution is 5.95. The van der Waals surface area contributed by atoms with E-state index in [1.807, 2.05) is 0 Å². The molecular weight excluding hydrogens is 328 g/mol. The van der Waals surface area contributed by atoms with Crippen molar-refractivity contribution in [2.24, 2.45) is 0 Å². The van der Waals surface area contributed by atoms with Gasteiger partial charge in [0.1, 0.15) is 34.4 Å². The third kappa shape index (κ3) is 3.89. The van der Waals surface area contributed by atoms with Crippen molar-refractivity contribution in [3.8, 4) is 0 Å². The highest BCUT2D eigenvalue weighted by Crippen LogP contribution is 2.12. The molecule has 0 aliphatic heterocycles. The Morgan fingerprint density at radius 1 is 0.667 bits per heavy atom. The van der Waals surface area contributed by atoms with Gasteiger partial charge in [-0.25, -0.2) is 17.6 Å². The van der Waals surface area contributed by atoms with Crippen LogP contribution in [0.4, 0.5) is 17.6 Å². The summed E-state index contributed by atoms with van der Waals surface area (Å²) in [5, 5.41) is 4.39. The molecule has 0 atom stereocenters. The van der Waals surface area contributed by atoms with E-state index in [4.69, 9.17) is 0 Å². The van der Waals surface area contributed by atoms with Crippen LogP contribution in [0.1, 0.15) is 20.7 Å². The second kappa shape index (κ2) is 7.58. The standard InChI is InChI=1S/C16H12F4N2O2/c17-9-3-1-4-10(18)13(9)15(23)21-7-8-22-16(24)14-11(19)5-2-6-12(14)20/h1-6H,7-8H2,(H,21,23)(H,22,24). The van der Waals surface area contributed by atoms with Gasteiger partial charge in [-0.3, -0.25) is 9.59 Å². The Bertz CT molecular complexity index is 675. The Morgan fingerprint density at radius 2 is 0.958 bits per heavy atom. The number of carbonyl (C=O) groups is 2. The van der Waals surface area contributed by atoms with E-state index in [1.54, 1.807) is 0 Å². The fourth-order valence-electron chi connectivity index (χ4n) is 1.96. The van der Waals surface area contributed by atoms with Gasteiger partial charge in [0.05, 0.1) is 0 Å². The molecule has 0 radical (unpaired) electrons. The van der Waals surface area contributed by atoms with Crippen molar-refractivity contribution in [3.05, 3.63) is 70.8 Å². The summed E-state index contributed by atoms with van der Waals surface area (Å²) in [5.74, 6) is -6.10. The van der Waals surface area contributed by atoms with Crippen LogP contribution in [0, 0.1) is 23.3 Å². The Labute approximate surface area is 134 Å². The SMILES string of the molecule is O=C(NCCNC(=O)c1c(F)cccc1F)c1c(F)cccc1F. The van der Waals surface area contributed by atoms with Gasteiger partial charge in [-0.05, 0) is 24.3 Å². The van der Waals surface area contributed by atoms with Crippen molar-refractivity contribution < 1.29 is 27.2 Å². The number of hydrogen-bond acceptors (Lipinski definition) is 2. The minimum atomic E-state index is -1.02. The maximum atomic E-state index is 13.4. The number of halogens is 4. The van der Waals surface area contributed by atoms with E-state index in [9.17, 15) is 27.2 Å². The molecule has 0 saturated carbocycles. The Hall–Kier alpha value is -2.90. The molecule has 4 nitrogen and oxygen atoms in total. The van der Waals surface area contributed by atoms with Crippen molar-refractivity contribution in [2.75, 3.05) is 13.1 Å². The van der Waals surface area contributed by atoms with E-state index in [1.165, 1.54) is 0 Å². The molecule has 2 aromatic rings. The van der Waals surface area contributed by atoms with Gasteiger partial charge in [0, 0.05) is 13.1 Å². The molecule has 0 spiro atoms. The van der Waals surface area contributed by atoms with Crippen LogP contribution in [0.3, 0.4) is 0 Å². The molecule has 2 N–H and O–H groups in total. The van der Waals surface area contributed by atoms with E-state index in [-0.39, 0.29) is 13.1 Å². The average molecular weight is 340 g/mol.